The van der Waals surface area contributed by atoms with Crippen molar-refractivity contribution in [3.8, 4) is 0 Å². The van der Waals surface area contributed by atoms with Crippen molar-refractivity contribution < 1.29 is 0 Å². The predicted octanol–water partition coefficient (Wildman–Crippen LogP) is 0.837. The van der Waals surface area contributed by atoms with Crippen LogP contribution in [0, 0.1) is 5.92 Å². The average molecular weight is 210 g/mol. The smallest absolute Gasteiger partial charge is 0.0534 e. The van der Waals surface area contributed by atoms with Crippen molar-refractivity contribution in [3.05, 3.63) is 18.0 Å². The molecule has 0 saturated heterocycles. The SMILES string of the molecule is CC(CCN)CN(C)Cc1cnn(C)c1. The third-order valence-corrected chi connectivity index (χ3v) is 2.49. The molecule has 2 N–H and O–H groups in total. The standard InChI is InChI=1S/C11H22N4/c1-10(4-5-12)7-14(2)8-11-6-13-15(3)9-11/h6,9-10H,4-5,7-8,12H2,1-3H3. The molecule has 4 heteroatoms. The van der Waals surface area contributed by atoms with Crippen molar-refractivity contribution in [2.45, 2.75) is 19.9 Å². The fourth-order valence-corrected chi connectivity index (χ4v) is 1.84. The van der Waals surface area contributed by atoms with Crippen LogP contribution in [0.5, 0.6) is 0 Å². The zero-order valence-electron chi connectivity index (χ0n) is 9.98. The maximum atomic E-state index is 5.53. The van der Waals surface area contributed by atoms with Gasteiger partial charge in [0, 0.05) is 31.9 Å². The highest BCUT2D eigenvalue weighted by molar-refractivity contribution is 5.02. The molecular weight excluding hydrogens is 188 g/mol. The molecule has 4 nitrogen and oxygen atoms in total. The molecule has 1 heterocycles. The van der Waals surface area contributed by atoms with Gasteiger partial charge in [-0.2, -0.15) is 5.10 Å². The van der Waals surface area contributed by atoms with Crippen LogP contribution in [0.1, 0.15) is 18.9 Å². The van der Waals surface area contributed by atoms with Gasteiger partial charge in [0.25, 0.3) is 0 Å². The number of hydrogen-bond donors (Lipinski definition) is 1. The van der Waals surface area contributed by atoms with Gasteiger partial charge in [0.05, 0.1) is 6.20 Å². The van der Waals surface area contributed by atoms with E-state index >= 15 is 0 Å². The summed E-state index contributed by atoms with van der Waals surface area (Å²) in [5.74, 6) is 0.664. The summed E-state index contributed by atoms with van der Waals surface area (Å²) >= 11 is 0. The van der Waals surface area contributed by atoms with E-state index < -0.39 is 0 Å². The Kier molecular flexibility index (Phi) is 4.78. The van der Waals surface area contributed by atoms with Crippen molar-refractivity contribution in [1.29, 1.82) is 0 Å². The zero-order chi connectivity index (χ0) is 11.3. The van der Waals surface area contributed by atoms with E-state index in [9.17, 15) is 0 Å². The second-order valence-electron chi connectivity index (χ2n) is 4.40. The Hall–Kier alpha value is -0.870. The van der Waals surface area contributed by atoms with E-state index in [4.69, 9.17) is 5.73 Å². The van der Waals surface area contributed by atoms with Gasteiger partial charge in [0.1, 0.15) is 0 Å². The quantitative estimate of drug-likeness (QED) is 0.757. The van der Waals surface area contributed by atoms with Gasteiger partial charge in [-0.25, -0.2) is 0 Å². The number of rotatable bonds is 6. The van der Waals surface area contributed by atoms with E-state index in [0.717, 1.165) is 26.1 Å². The molecular formula is C11H22N4. The first kappa shape index (κ1) is 12.2. The molecule has 15 heavy (non-hydrogen) atoms. The van der Waals surface area contributed by atoms with Gasteiger partial charge in [-0.1, -0.05) is 6.92 Å². The predicted molar refractivity (Wildman–Crippen MR) is 62.4 cm³/mol. The molecule has 0 bridgehead atoms. The van der Waals surface area contributed by atoms with E-state index in [2.05, 4.69) is 30.2 Å². The molecule has 0 radical (unpaired) electrons. The van der Waals surface area contributed by atoms with Crippen molar-refractivity contribution >= 4 is 0 Å². The highest BCUT2D eigenvalue weighted by atomic mass is 15.2. The van der Waals surface area contributed by atoms with E-state index in [1.807, 2.05) is 17.9 Å². The van der Waals surface area contributed by atoms with Gasteiger partial charge in [0.2, 0.25) is 0 Å². The molecule has 86 valence electrons. The van der Waals surface area contributed by atoms with E-state index in [0.29, 0.717) is 5.92 Å². The summed E-state index contributed by atoms with van der Waals surface area (Å²) in [5, 5.41) is 4.16. The van der Waals surface area contributed by atoms with Gasteiger partial charge in [-0.3, -0.25) is 4.68 Å². The monoisotopic (exact) mass is 210 g/mol. The second-order valence-corrected chi connectivity index (χ2v) is 4.40. The minimum Gasteiger partial charge on any atom is -0.330 e. The summed E-state index contributed by atoms with van der Waals surface area (Å²) in [5.41, 5.74) is 6.79. The third-order valence-electron chi connectivity index (χ3n) is 2.49. The van der Waals surface area contributed by atoms with Gasteiger partial charge in [-0.05, 0) is 25.9 Å². The highest BCUT2D eigenvalue weighted by Crippen LogP contribution is 2.06. The highest BCUT2D eigenvalue weighted by Gasteiger charge is 2.06. The van der Waals surface area contributed by atoms with Crippen LogP contribution in [0.2, 0.25) is 0 Å². The first-order valence-corrected chi connectivity index (χ1v) is 5.48. The number of nitrogens with two attached hydrogens (primary N) is 1. The van der Waals surface area contributed by atoms with Crippen LogP contribution in [0.3, 0.4) is 0 Å². The lowest BCUT2D eigenvalue weighted by atomic mass is 10.1. The summed E-state index contributed by atoms with van der Waals surface area (Å²) in [6.07, 6.45) is 5.07. The first-order chi connectivity index (χ1) is 7.11. The maximum Gasteiger partial charge on any atom is 0.0534 e. The molecule has 0 amide bonds. The molecule has 1 aromatic heterocycles. The normalized spacial score (nSPS) is 13.4. The van der Waals surface area contributed by atoms with Crippen LogP contribution in [0.15, 0.2) is 12.4 Å². The molecule has 1 atom stereocenters. The zero-order valence-corrected chi connectivity index (χ0v) is 9.98. The summed E-state index contributed by atoms with van der Waals surface area (Å²) in [6, 6.07) is 0. The Bertz CT molecular complexity index is 282. The Morgan fingerprint density at radius 1 is 1.60 bits per heavy atom. The minimum absolute atomic E-state index is 0.664. The molecule has 1 aromatic rings. The number of nitrogens with zero attached hydrogens (tertiary/aromatic N) is 3. The van der Waals surface area contributed by atoms with Crippen LogP contribution < -0.4 is 5.73 Å². The molecule has 0 aliphatic rings. The molecule has 0 aliphatic carbocycles. The third kappa shape index (κ3) is 4.44. The van der Waals surface area contributed by atoms with E-state index in [-0.39, 0.29) is 0 Å². The molecule has 1 unspecified atom stereocenters. The van der Waals surface area contributed by atoms with Crippen LogP contribution in [-0.2, 0) is 13.6 Å². The van der Waals surface area contributed by atoms with Crippen LogP contribution >= 0.6 is 0 Å². The van der Waals surface area contributed by atoms with Gasteiger partial charge in [-0.15, -0.1) is 0 Å². The fraction of sp³-hybridized carbons (Fsp3) is 0.727. The van der Waals surface area contributed by atoms with Gasteiger partial charge < -0.3 is 10.6 Å². The largest absolute Gasteiger partial charge is 0.330 e. The van der Waals surface area contributed by atoms with Crippen LogP contribution in [-0.4, -0.2) is 34.8 Å². The molecule has 0 aliphatic heterocycles. The van der Waals surface area contributed by atoms with Crippen LogP contribution in [0.25, 0.3) is 0 Å². The number of aryl methyl sites for hydroxylation is 1. The molecule has 1 rings (SSSR count). The second kappa shape index (κ2) is 5.88. The van der Waals surface area contributed by atoms with Gasteiger partial charge >= 0.3 is 0 Å². The Balaban J connectivity index is 2.32. The summed E-state index contributed by atoms with van der Waals surface area (Å²) in [7, 11) is 4.08. The number of hydrogen-bond acceptors (Lipinski definition) is 3. The number of aromatic nitrogens is 2. The van der Waals surface area contributed by atoms with Crippen molar-refractivity contribution in [2.24, 2.45) is 18.7 Å². The van der Waals surface area contributed by atoms with Crippen molar-refractivity contribution in [3.63, 3.8) is 0 Å². The lowest BCUT2D eigenvalue weighted by molar-refractivity contribution is 0.273. The molecule has 0 saturated carbocycles. The minimum atomic E-state index is 0.664. The van der Waals surface area contributed by atoms with Crippen molar-refractivity contribution in [2.75, 3.05) is 20.1 Å². The van der Waals surface area contributed by atoms with E-state index in [1.54, 1.807) is 0 Å². The Labute approximate surface area is 92.1 Å². The molecule has 0 spiro atoms. The Morgan fingerprint density at radius 2 is 2.33 bits per heavy atom. The first-order valence-electron chi connectivity index (χ1n) is 5.48. The average Bonchev–Trinajstić information content (AvgIpc) is 2.51. The van der Waals surface area contributed by atoms with Crippen molar-refractivity contribution in [1.82, 2.24) is 14.7 Å². The summed E-state index contributed by atoms with van der Waals surface area (Å²) in [4.78, 5) is 2.32. The van der Waals surface area contributed by atoms with Gasteiger partial charge in [0.15, 0.2) is 0 Å². The lowest BCUT2D eigenvalue weighted by Crippen LogP contribution is -2.25. The lowest BCUT2D eigenvalue weighted by Gasteiger charge is -2.20. The summed E-state index contributed by atoms with van der Waals surface area (Å²) < 4.78 is 1.84. The fourth-order valence-electron chi connectivity index (χ4n) is 1.84. The molecule has 0 aromatic carbocycles. The summed E-state index contributed by atoms with van der Waals surface area (Å²) in [6.45, 7) is 5.07. The Morgan fingerprint density at radius 3 is 2.87 bits per heavy atom. The maximum absolute atomic E-state index is 5.53. The van der Waals surface area contributed by atoms with E-state index in [1.165, 1.54) is 5.56 Å². The molecule has 0 fully saturated rings. The van der Waals surface area contributed by atoms with Crippen LogP contribution in [0.4, 0.5) is 0 Å². The topological polar surface area (TPSA) is 47.1 Å².